The monoisotopic (exact) mass is 221 g/mol. The standard InChI is InChI=1S/C11H15N3S/c1-14(2)11(13-12)9-7-15-10-6-4-3-5-8(9)10/h3-7,11,13H,12H2,1-2H3. The van der Waals surface area contributed by atoms with Gasteiger partial charge in [0, 0.05) is 10.3 Å². The van der Waals surface area contributed by atoms with Gasteiger partial charge in [-0.25, -0.2) is 5.43 Å². The Kier molecular flexibility index (Phi) is 3.02. The number of rotatable bonds is 3. The molecule has 1 atom stereocenters. The molecule has 1 aromatic heterocycles. The van der Waals surface area contributed by atoms with E-state index in [4.69, 9.17) is 5.84 Å². The highest BCUT2D eigenvalue weighted by atomic mass is 32.1. The molecule has 0 radical (unpaired) electrons. The lowest BCUT2D eigenvalue weighted by molar-refractivity contribution is 0.255. The van der Waals surface area contributed by atoms with E-state index in [-0.39, 0.29) is 6.17 Å². The highest BCUT2D eigenvalue weighted by Crippen LogP contribution is 2.30. The van der Waals surface area contributed by atoms with Crippen molar-refractivity contribution in [3.8, 4) is 0 Å². The highest BCUT2D eigenvalue weighted by Gasteiger charge is 2.15. The summed E-state index contributed by atoms with van der Waals surface area (Å²) in [5.74, 6) is 5.57. The molecule has 3 N–H and O–H groups in total. The van der Waals surface area contributed by atoms with Gasteiger partial charge < -0.3 is 0 Å². The Labute approximate surface area is 93.5 Å². The number of hydrazine groups is 1. The minimum atomic E-state index is 0.0705. The third-order valence-electron chi connectivity index (χ3n) is 2.48. The van der Waals surface area contributed by atoms with E-state index in [1.54, 1.807) is 11.3 Å². The lowest BCUT2D eigenvalue weighted by Crippen LogP contribution is -2.37. The topological polar surface area (TPSA) is 41.3 Å². The van der Waals surface area contributed by atoms with Crippen LogP contribution in [0.5, 0.6) is 0 Å². The summed E-state index contributed by atoms with van der Waals surface area (Å²) >= 11 is 1.75. The predicted octanol–water partition coefficient (Wildman–Crippen LogP) is 1.92. The van der Waals surface area contributed by atoms with Crippen LogP contribution in [0.4, 0.5) is 0 Å². The average Bonchev–Trinajstić information content (AvgIpc) is 2.63. The zero-order chi connectivity index (χ0) is 10.8. The fourth-order valence-electron chi connectivity index (χ4n) is 1.73. The Morgan fingerprint density at radius 3 is 2.73 bits per heavy atom. The molecule has 0 aliphatic carbocycles. The Balaban J connectivity index is 2.51. The Bertz CT molecular complexity index is 450. The molecule has 0 amide bonds. The molecule has 0 saturated heterocycles. The van der Waals surface area contributed by atoms with Crippen molar-refractivity contribution in [1.29, 1.82) is 0 Å². The molecule has 0 bridgehead atoms. The van der Waals surface area contributed by atoms with E-state index in [1.165, 1.54) is 15.6 Å². The van der Waals surface area contributed by atoms with E-state index in [0.717, 1.165) is 0 Å². The van der Waals surface area contributed by atoms with Crippen molar-refractivity contribution in [3.63, 3.8) is 0 Å². The number of hydrogen-bond donors (Lipinski definition) is 2. The van der Waals surface area contributed by atoms with E-state index >= 15 is 0 Å². The van der Waals surface area contributed by atoms with Crippen molar-refractivity contribution in [2.75, 3.05) is 14.1 Å². The van der Waals surface area contributed by atoms with Crippen LogP contribution < -0.4 is 11.3 Å². The van der Waals surface area contributed by atoms with E-state index in [2.05, 4.69) is 40.0 Å². The third-order valence-corrected chi connectivity index (χ3v) is 3.46. The number of thiophene rings is 1. The van der Waals surface area contributed by atoms with Crippen LogP contribution in [-0.2, 0) is 0 Å². The molecular weight excluding hydrogens is 206 g/mol. The summed E-state index contributed by atoms with van der Waals surface area (Å²) in [6.45, 7) is 0. The second-order valence-corrected chi connectivity index (χ2v) is 4.63. The zero-order valence-corrected chi connectivity index (χ0v) is 9.71. The third kappa shape index (κ3) is 1.89. The first-order chi connectivity index (χ1) is 7.24. The van der Waals surface area contributed by atoms with Gasteiger partial charge in [-0.05, 0) is 30.9 Å². The van der Waals surface area contributed by atoms with Gasteiger partial charge >= 0.3 is 0 Å². The molecule has 0 fully saturated rings. The summed E-state index contributed by atoms with van der Waals surface area (Å²) in [5, 5.41) is 3.44. The molecule has 2 rings (SSSR count). The van der Waals surface area contributed by atoms with Crippen LogP contribution in [-0.4, -0.2) is 19.0 Å². The van der Waals surface area contributed by atoms with E-state index in [1.807, 2.05) is 14.1 Å². The molecule has 2 aromatic rings. The first-order valence-corrected chi connectivity index (χ1v) is 5.70. The first-order valence-electron chi connectivity index (χ1n) is 4.82. The highest BCUT2D eigenvalue weighted by molar-refractivity contribution is 7.17. The molecule has 3 nitrogen and oxygen atoms in total. The molecule has 1 heterocycles. The second kappa shape index (κ2) is 4.28. The number of nitrogens with one attached hydrogen (secondary N) is 1. The van der Waals surface area contributed by atoms with Crippen LogP contribution in [0, 0.1) is 0 Å². The molecule has 1 unspecified atom stereocenters. The Hall–Kier alpha value is -0.940. The van der Waals surface area contributed by atoms with Crippen molar-refractivity contribution < 1.29 is 0 Å². The molecule has 0 aliphatic heterocycles. The predicted molar refractivity (Wildman–Crippen MR) is 65.6 cm³/mol. The van der Waals surface area contributed by atoms with E-state index in [0.29, 0.717) is 0 Å². The van der Waals surface area contributed by atoms with Crippen LogP contribution in [0.15, 0.2) is 29.6 Å². The first kappa shape index (κ1) is 10.6. The van der Waals surface area contributed by atoms with Gasteiger partial charge in [-0.15, -0.1) is 11.3 Å². The summed E-state index contributed by atoms with van der Waals surface area (Å²) in [6.07, 6.45) is 0.0705. The van der Waals surface area contributed by atoms with Crippen LogP contribution in [0.25, 0.3) is 10.1 Å². The van der Waals surface area contributed by atoms with Crippen LogP contribution in [0.3, 0.4) is 0 Å². The molecule has 0 saturated carbocycles. The fourth-order valence-corrected chi connectivity index (χ4v) is 2.71. The zero-order valence-electron chi connectivity index (χ0n) is 8.90. The van der Waals surface area contributed by atoms with Crippen molar-refractivity contribution in [1.82, 2.24) is 10.3 Å². The summed E-state index contributed by atoms with van der Waals surface area (Å²) in [4.78, 5) is 2.06. The lowest BCUT2D eigenvalue weighted by Gasteiger charge is -2.22. The smallest absolute Gasteiger partial charge is 0.0995 e. The fraction of sp³-hybridized carbons (Fsp3) is 0.273. The van der Waals surface area contributed by atoms with Crippen LogP contribution in [0.1, 0.15) is 11.7 Å². The Morgan fingerprint density at radius 2 is 2.07 bits per heavy atom. The number of hydrogen-bond acceptors (Lipinski definition) is 4. The normalized spacial score (nSPS) is 13.6. The van der Waals surface area contributed by atoms with E-state index in [9.17, 15) is 0 Å². The number of nitrogens with zero attached hydrogens (tertiary/aromatic N) is 1. The lowest BCUT2D eigenvalue weighted by atomic mass is 10.1. The van der Waals surface area contributed by atoms with Gasteiger partial charge in [-0.1, -0.05) is 18.2 Å². The van der Waals surface area contributed by atoms with E-state index < -0.39 is 0 Å². The van der Waals surface area contributed by atoms with Crippen LogP contribution >= 0.6 is 11.3 Å². The molecule has 80 valence electrons. The molecule has 15 heavy (non-hydrogen) atoms. The van der Waals surface area contributed by atoms with Gasteiger partial charge in [-0.2, -0.15) is 0 Å². The maximum atomic E-state index is 5.57. The minimum Gasteiger partial charge on any atom is -0.289 e. The van der Waals surface area contributed by atoms with Crippen molar-refractivity contribution in [2.24, 2.45) is 5.84 Å². The van der Waals surface area contributed by atoms with Gasteiger partial charge in [0.2, 0.25) is 0 Å². The van der Waals surface area contributed by atoms with Crippen LogP contribution in [0.2, 0.25) is 0 Å². The summed E-state index contributed by atoms with van der Waals surface area (Å²) < 4.78 is 1.30. The number of benzene rings is 1. The van der Waals surface area contributed by atoms with Gasteiger partial charge in [0.05, 0.1) is 6.17 Å². The van der Waals surface area contributed by atoms with Gasteiger partial charge in [0.25, 0.3) is 0 Å². The van der Waals surface area contributed by atoms with Gasteiger partial charge in [-0.3, -0.25) is 10.7 Å². The largest absolute Gasteiger partial charge is 0.289 e. The quantitative estimate of drug-likeness (QED) is 0.473. The molecule has 1 aromatic carbocycles. The maximum absolute atomic E-state index is 5.57. The summed E-state index contributed by atoms with van der Waals surface area (Å²) in [5.41, 5.74) is 4.07. The molecule has 4 heteroatoms. The van der Waals surface area contributed by atoms with Crippen molar-refractivity contribution in [3.05, 3.63) is 35.2 Å². The summed E-state index contributed by atoms with van der Waals surface area (Å²) in [6, 6.07) is 8.38. The number of fused-ring (bicyclic) bond motifs is 1. The number of nitrogens with two attached hydrogens (primary N) is 1. The van der Waals surface area contributed by atoms with Gasteiger partial charge in [0.15, 0.2) is 0 Å². The van der Waals surface area contributed by atoms with Gasteiger partial charge in [0.1, 0.15) is 0 Å². The molecule has 0 spiro atoms. The summed E-state index contributed by atoms with van der Waals surface area (Å²) in [7, 11) is 4.02. The van der Waals surface area contributed by atoms with Crippen molar-refractivity contribution in [2.45, 2.75) is 6.17 Å². The SMILES string of the molecule is CN(C)C(NN)c1csc2ccccc12. The Morgan fingerprint density at radius 1 is 1.33 bits per heavy atom. The second-order valence-electron chi connectivity index (χ2n) is 3.72. The minimum absolute atomic E-state index is 0.0705. The maximum Gasteiger partial charge on any atom is 0.0995 e. The molecular formula is C11H15N3S. The molecule has 0 aliphatic rings. The van der Waals surface area contributed by atoms with Crippen molar-refractivity contribution >= 4 is 21.4 Å². The average molecular weight is 221 g/mol.